The summed E-state index contributed by atoms with van der Waals surface area (Å²) in [7, 11) is 0. The summed E-state index contributed by atoms with van der Waals surface area (Å²) in [6, 6.07) is 0. The Morgan fingerprint density at radius 3 is 2.92 bits per heavy atom. The van der Waals surface area contributed by atoms with E-state index in [-0.39, 0.29) is 13.2 Å². The number of fused-ring (bicyclic) bond motifs is 1. The van der Waals surface area contributed by atoms with E-state index < -0.39 is 18.4 Å². The minimum atomic E-state index is -0.772. The lowest BCUT2D eigenvalue weighted by Gasteiger charge is -2.16. The molecule has 0 bridgehead atoms. The summed E-state index contributed by atoms with van der Waals surface area (Å²) in [5.74, 6) is 11.0. The first-order valence-corrected chi connectivity index (χ1v) is 8.36. The van der Waals surface area contributed by atoms with Crippen LogP contribution in [0.15, 0.2) is 11.4 Å². The molecule has 0 spiro atoms. The van der Waals surface area contributed by atoms with Crippen LogP contribution in [0.1, 0.15) is 12.6 Å². The van der Waals surface area contributed by atoms with Crippen LogP contribution in [0, 0.1) is 23.7 Å². The van der Waals surface area contributed by atoms with Crippen molar-refractivity contribution in [1.29, 1.82) is 0 Å². The molecule has 0 radical (unpaired) electrons. The van der Waals surface area contributed by atoms with Crippen molar-refractivity contribution < 1.29 is 14.9 Å². The number of imidazole rings is 1. The summed E-state index contributed by atoms with van der Waals surface area (Å²) in [6.07, 6.45) is -0.0272. The zero-order chi connectivity index (χ0) is 18.5. The Bertz CT molecular complexity index is 910. The molecule has 136 valence electrons. The molecule has 1 aliphatic heterocycles. The smallest absolute Gasteiger partial charge is 0.226 e. The summed E-state index contributed by atoms with van der Waals surface area (Å²) in [6.45, 7) is 0.397. The molecule has 10 heteroatoms. The monoisotopic (exact) mass is 374 g/mol. The van der Waals surface area contributed by atoms with E-state index in [0.717, 1.165) is 0 Å². The average molecular weight is 374 g/mol. The van der Waals surface area contributed by atoms with Gasteiger partial charge in [-0.05, 0) is 11.8 Å². The lowest BCUT2D eigenvalue weighted by atomic mass is 10.2. The van der Waals surface area contributed by atoms with Crippen LogP contribution >= 0.6 is 12.6 Å². The number of anilines is 1. The van der Waals surface area contributed by atoms with Crippen molar-refractivity contribution in [2.45, 2.75) is 29.9 Å². The zero-order valence-electron chi connectivity index (χ0n) is 13.8. The van der Waals surface area contributed by atoms with Gasteiger partial charge in [-0.1, -0.05) is 11.8 Å². The second-order valence-corrected chi connectivity index (χ2v) is 5.91. The third kappa shape index (κ3) is 3.90. The van der Waals surface area contributed by atoms with Crippen molar-refractivity contribution >= 4 is 29.7 Å². The molecule has 5 N–H and O–H groups in total. The molecule has 1 fully saturated rings. The van der Waals surface area contributed by atoms with E-state index in [1.165, 1.54) is 6.33 Å². The molecule has 26 heavy (non-hydrogen) atoms. The molecule has 3 heterocycles. The number of thiol groups is 1. The van der Waals surface area contributed by atoms with Crippen LogP contribution in [0.4, 0.5) is 5.95 Å². The summed E-state index contributed by atoms with van der Waals surface area (Å²) in [4.78, 5) is 12.9. The fourth-order valence-corrected chi connectivity index (χ4v) is 2.82. The highest BCUT2D eigenvalue weighted by Gasteiger charge is 2.36. The summed E-state index contributed by atoms with van der Waals surface area (Å²) >= 11 is 4.34. The van der Waals surface area contributed by atoms with Gasteiger partial charge >= 0.3 is 0 Å². The van der Waals surface area contributed by atoms with E-state index in [4.69, 9.17) is 10.5 Å². The number of aromatic nitrogens is 4. The molecule has 0 saturated carbocycles. The van der Waals surface area contributed by atoms with Crippen molar-refractivity contribution in [3.63, 3.8) is 0 Å². The molecule has 0 amide bonds. The fourth-order valence-electron chi connectivity index (χ4n) is 2.57. The van der Waals surface area contributed by atoms with E-state index in [1.54, 1.807) is 4.57 Å². The van der Waals surface area contributed by atoms with Crippen molar-refractivity contribution in [3.8, 4) is 23.7 Å². The van der Waals surface area contributed by atoms with Crippen LogP contribution in [0.2, 0.25) is 0 Å². The van der Waals surface area contributed by atoms with Crippen molar-refractivity contribution in [1.82, 2.24) is 19.5 Å². The number of nitrogens with one attached hydrogen (secondary N) is 1. The van der Waals surface area contributed by atoms with Gasteiger partial charge in [-0.15, -0.1) is 12.6 Å². The largest absolute Gasteiger partial charge is 0.394 e. The number of hydrogen-bond donors (Lipinski definition) is 5. The summed E-state index contributed by atoms with van der Waals surface area (Å²) in [5, 5.41) is 22.8. The normalized spacial score (nSPS) is 21.8. The predicted octanol–water partition coefficient (Wildman–Crippen LogP) is -0.867. The van der Waals surface area contributed by atoms with Crippen molar-refractivity contribution in [2.24, 2.45) is 5.73 Å². The highest BCUT2D eigenvalue weighted by molar-refractivity contribution is 7.80. The van der Waals surface area contributed by atoms with Gasteiger partial charge in [-0.25, -0.2) is 9.97 Å². The van der Waals surface area contributed by atoms with E-state index >= 15 is 0 Å². The first-order valence-electron chi connectivity index (χ1n) is 7.91. The molecule has 3 rings (SSSR count). The Labute approximate surface area is 155 Å². The molecule has 0 aliphatic carbocycles. The first-order chi connectivity index (χ1) is 12.6. The third-order valence-corrected chi connectivity index (χ3v) is 4.03. The molecule has 1 unspecified atom stereocenters. The second kappa shape index (κ2) is 8.36. The maximum absolute atomic E-state index is 10.2. The fraction of sp³-hybridized carbons (Fsp3) is 0.438. The lowest BCUT2D eigenvalue weighted by molar-refractivity contribution is -0.0486. The van der Waals surface area contributed by atoms with Gasteiger partial charge in [0.05, 0.1) is 32.1 Å². The predicted molar refractivity (Wildman–Crippen MR) is 97.3 cm³/mol. The van der Waals surface area contributed by atoms with Gasteiger partial charge in [0.15, 0.2) is 11.9 Å². The SMILES string of the molecule is NCC#CC#CCNc1nc(S)c2ncn([C@@H]3O[C@H](CO)CC3O)c2n1. The highest BCUT2D eigenvalue weighted by Crippen LogP contribution is 2.31. The number of aliphatic hydroxyl groups is 2. The van der Waals surface area contributed by atoms with Crippen LogP contribution in [0.3, 0.4) is 0 Å². The van der Waals surface area contributed by atoms with Gasteiger partial charge in [0.2, 0.25) is 5.95 Å². The Morgan fingerprint density at radius 2 is 2.19 bits per heavy atom. The number of nitrogens with two attached hydrogens (primary N) is 1. The van der Waals surface area contributed by atoms with Crippen LogP contribution in [0.5, 0.6) is 0 Å². The van der Waals surface area contributed by atoms with Gasteiger partial charge in [-0.3, -0.25) is 4.57 Å². The van der Waals surface area contributed by atoms with Crippen LogP contribution < -0.4 is 11.1 Å². The van der Waals surface area contributed by atoms with Gasteiger partial charge in [-0.2, -0.15) is 4.98 Å². The molecule has 1 aliphatic rings. The summed E-state index contributed by atoms with van der Waals surface area (Å²) < 4.78 is 7.27. The molecular weight excluding hydrogens is 356 g/mol. The number of rotatable bonds is 4. The first kappa shape index (κ1) is 18.5. The topological polar surface area (TPSA) is 131 Å². The van der Waals surface area contributed by atoms with E-state index in [9.17, 15) is 10.2 Å². The van der Waals surface area contributed by atoms with Crippen molar-refractivity contribution in [2.75, 3.05) is 25.0 Å². The van der Waals surface area contributed by atoms with E-state index in [1.807, 2.05) is 0 Å². The lowest BCUT2D eigenvalue weighted by Crippen LogP contribution is -2.19. The van der Waals surface area contributed by atoms with Crippen LogP contribution in [-0.4, -0.2) is 61.6 Å². The number of ether oxygens (including phenoxy) is 1. The maximum atomic E-state index is 10.2. The van der Waals surface area contributed by atoms with E-state index in [0.29, 0.717) is 35.1 Å². The Balaban J connectivity index is 1.83. The Hall–Kier alpha value is -2.34. The molecule has 2 aromatic heterocycles. The highest BCUT2D eigenvalue weighted by atomic mass is 32.1. The van der Waals surface area contributed by atoms with E-state index in [2.05, 4.69) is 56.6 Å². The molecule has 0 aromatic carbocycles. The summed E-state index contributed by atoms with van der Waals surface area (Å²) in [5.41, 5.74) is 6.20. The second-order valence-electron chi connectivity index (χ2n) is 5.49. The molecular formula is C16H18N6O3S. The van der Waals surface area contributed by atoms with Gasteiger partial charge < -0.3 is 26.0 Å². The molecule has 3 atom stereocenters. The van der Waals surface area contributed by atoms with Crippen LogP contribution in [0.25, 0.3) is 11.2 Å². The van der Waals surface area contributed by atoms with Crippen molar-refractivity contribution in [3.05, 3.63) is 6.33 Å². The third-order valence-electron chi connectivity index (χ3n) is 3.72. The standard InChI is InChI=1S/C16H18N6O3S/c17-5-3-1-2-4-6-18-16-20-13-12(14(26)21-16)19-9-22(13)15-11(24)7-10(8-23)25-15/h9-11,15,23-24H,5-8,17H2,(H2,18,20,21,26)/t10-,11?,15+/m0/s1. The minimum absolute atomic E-state index is 0.161. The Morgan fingerprint density at radius 1 is 1.38 bits per heavy atom. The number of hydrogen-bond acceptors (Lipinski definition) is 9. The average Bonchev–Trinajstić information content (AvgIpc) is 3.21. The van der Waals surface area contributed by atoms with Gasteiger partial charge in [0.1, 0.15) is 16.6 Å². The maximum Gasteiger partial charge on any atom is 0.226 e. The molecule has 9 nitrogen and oxygen atoms in total. The zero-order valence-corrected chi connectivity index (χ0v) is 14.6. The number of aliphatic hydroxyl groups excluding tert-OH is 2. The number of nitrogens with zero attached hydrogens (tertiary/aromatic N) is 4. The molecule has 1 saturated heterocycles. The Kier molecular flexibility index (Phi) is 5.93. The van der Waals surface area contributed by atoms with Crippen LogP contribution in [-0.2, 0) is 4.74 Å². The molecule has 2 aromatic rings. The minimum Gasteiger partial charge on any atom is -0.394 e. The van der Waals surface area contributed by atoms with Gasteiger partial charge in [0, 0.05) is 6.42 Å². The van der Waals surface area contributed by atoms with Gasteiger partial charge in [0.25, 0.3) is 0 Å². The quantitative estimate of drug-likeness (QED) is 0.265.